The molecule has 3 aliphatic rings. The predicted molar refractivity (Wildman–Crippen MR) is 77.9 cm³/mol. The summed E-state index contributed by atoms with van der Waals surface area (Å²) in [5.74, 6) is -2.62. The summed E-state index contributed by atoms with van der Waals surface area (Å²) in [7, 11) is 0. The van der Waals surface area contributed by atoms with Crippen LogP contribution >= 0.6 is 0 Å². The lowest BCUT2D eigenvalue weighted by Crippen LogP contribution is -2.91. The summed E-state index contributed by atoms with van der Waals surface area (Å²) in [5, 5.41) is 40.5. The minimum Gasteiger partial charge on any atom is -0.692 e. The van der Waals surface area contributed by atoms with Gasteiger partial charge in [-0.1, -0.05) is 0 Å². The van der Waals surface area contributed by atoms with Gasteiger partial charge in [0.05, 0.1) is 0 Å². The van der Waals surface area contributed by atoms with Gasteiger partial charge in [0.2, 0.25) is 0 Å². The molecule has 0 aromatic heterocycles. The Balaban J connectivity index is 0.00000117. The monoisotopic (exact) mass is 396 g/mol. The van der Waals surface area contributed by atoms with E-state index in [4.69, 9.17) is 26.1 Å². The molecule has 1 saturated heterocycles. The zero-order valence-electron chi connectivity index (χ0n) is 13.1. The summed E-state index contributed by atoms with van der Waals surface area (Å²) >= 11 is 2.83. The maximum Gasteiger partial charge on any atom is 0.404 e. The second-order valence-electron chi connectivity index (χ2n) is 5.68. The molecule has 0 aliphatic carbocycles. The number of nitrogens with one attached hydrogen (secondary N) is 3. The minimum atomic E-state index is -2.64. The first kappa shape index (κ1) is 19.9. The molecule has 3 heterocycles. The summed E-state index contributed by atoms with van der Waals surface area (Å²) in [6, 6.07) is -1.58. The highest BCUT2D eigenvalue weighted by Crippen LogP contribution is 2.38. The van der Waals surface area contributed by atoms with E-state index in [2.05, 4.69) is 38.1 Å². The molecule has 1 fully saturated rings. The number of guanidine groups is 2. The molecule has 3 aliphatic heterocycles. The molecule has 3 rings (SSSR count). The lowest BCUT2D eigenvalue weighted by Gasteiger charge is -2.40. The van der Waals surface area contributed by atoms with Crippen molar-refractivity contribution in [2.24, 2.45) is 17.2 Å². The Morgan fingerprint density at radius 3 is 2.69 bits per heavy atom. The summed E-state index contributed by atoms with van der Waals surface area (Å²) in [6.07, 6.45) is -2.48. The van der Waals surface area contributed by atoms with E-state index < -0.39 is 35.7 Å². The third kappa shape index (κ3) is 2.77. The summed E-state index contributed by atoms with van der Waals surface area (Å²) < 4.78 is 13.9. The normalized spacial score (nSPS) is 33.7. The van der Waals surface area contributed by atoms with Gasteiger partial charge in [0.25, 0.3) is 11.4 Å². The quantitative estimate of drug-likeness (QED) is 0.0953. The van der Waals surface area contributed by atoms with Gasteiger partial charge in [0.1, 0.15) is 19.2 Å². The molecule has 0 unspecified atom stereocenters. The second kappa shape index (κ2) is 7.09. The molecule has 16 heteroatoms. The Labute approximate surface area is 150 Å². The van der Waals surface area contributed by atoms with Crippen LogP contribution in [0.4, 0.5) is 4.79 Å². The third-order valence-corrected chi connectivity index (χ3v) is 4.46. The van der Waals surface area contributed by atoms with Crippen LogP contribution in [0.3, 0.4) is 0 Å². The van der Waals surface area contributed by atoms with E-state index in [1.54, 1.807) is 0 Å². The van der Waals surface area contributed by atoms with Crippen LogP contribution in [0, 0.1) is 0 Å². The molecule has 1 amide bonds. The molecule has 4 atom stereocenters. The molecule has 0 bridgehead atoms. The van der Waals surface area contributed by atoms with Gasteiger partial charge in [-0.25, -0.2) is 19.6 Å². The Morgan fingerprint density at radius 1 is 1.46 bits per heavy atom. The molecule has 0 saturated carbocycles. The SMILES string of the molecule is NC(=O)OC[C@@H]1NC(N)=[N+]2C[C@H](OO[O-])C(O)(O)[C@@]23NC(N)=[NH+][C@@H]13.O=S. The fourth-order valence-corrected chi connectivity index (χ4v) is 3.51. The van der Waals surface area contributed by atoms with E-state index in [0.29, 0.717) is 0 Å². The number of amides is 1. The van der Waals surface area contributed by atoms with Crippen LogP contribution in [0.1, 0.15) is 0 Å². The Hall–Kier alpha value is -2.37. The highest BCUT2D eigenvalue weighted by molar-refractivity contribution is 7.44. The van der Waals surface area contributed by atoms with Gasteiger partial charge in [-0.05, 0) is 0 Å². The van der Waals surface area contributed by atoms with E-state index in [0.717, 1.165) is 0 Å². The number of rotatable bonds is 4. The number of aliphatic hydroxyl groups is 2. The van der Waals surface area contributed by atoms with Gasteiger partial charge < -0.3 is 25.9 Å². The van der Waals surface area contributed by atoms with Crippen molar-refractivity contribution in [1.82, 2.24) is 10.6 Å². The number of nitrogens with two attached hydrogens (primary N) is 3. The first-order valence-corrected chi connectivity index (χ1v) is 7.40. The van der Waals surface area contributed by atoms with Gasteiger partial charge in [-0.3, -0.25) is 26.8 Å². The molecule has 0 aromatic rings. The van der Waals surface area contributed by atoms with Crippen molar-refractivity contribution in [3.63, 3.8) is 0 Å². The van der Waals surface area contributed by atoms with Crippen molar-refractivity contribution in [3.8, 4) is 0 Å². The molecule has 146 valence electrons. The van der Waals surface area contributed by atoms with Crippen molar-refractivity contribution in [1.29, 1.82) is 0 Å². The van der Waals surface area contributed by atoms with Crippen LogP contribution in [-0.4, -0.2) is 79.8 Å². The molecular formula is C10H18N7O8S+. The standard InChI is InChI=1S/C10H17N7O7.OS/c11-6-15-5-3(2-22-8(13)18)14-7(12)17-1-4(23-24-21)10(19,20)9(5,17)16-6;1-2/h3-5,19-20H,1-2H2,(H8,11,12,13,14,15,16,18,21);/p+1/t3-,4-,5-,9-;/m0./s1. The first-order valence-electron chi connectivity index (χ1n) is 7.06. The third-order valence-electron chi connectivity index (χ3n) is 4.46. The van der Waals surface area contributed by atoms with E-state index in [-0.39, 0.29) is 25.1 Å². The number of carbonyl (C=O) groups is 1. The average molecular weight is 396 g/mol. The largest absolute Gasteiger partial charge is 0.692 e. The van der Waals surface area contributed by atoms with Crippen LogP contribution in [0.5, 0.6) is 0 Å². The minimum absolute atomic E-state index is 0.0118. The predicted octanol–water partition coefficient (Wildman–Crippen LogP) is -8.61. The zero-order chi connectivity index (χ0) is 19.7. The van der Waals surface area contributed by atoms with Gasteiger partial charge in [0.15, 0.2) is 24.7 Å². The van der Waals surface area contributed by atoms with Gasteiger partial charge >= 0.3 is 18.0 Å². The molecule has 1 spiro atoms. The van der Waals surface area contributed by atoms with Crippen molar-refractivity contribution >= 4 is 30.5 Å². The van der Waals surface area contributed by atoms with Crippen LogP contribution in [-0.2, 0) is 27.2 Å². The number of hydrogen-bond acceptors (Lipinski definition) is 13. The first-order chi connectivity index (χ1) is 12.2. The Kier molecular flexibility index (Phi) is 5.44. The highest BCUT2D eigenvalue weighted by Gasteiger charge is 2.78. The van der Waals surface area contributed by atoms with Gasteiger partial charge in [0, 0.05) is 0 Å². The summed E-state index contributed by atoms with van der Waals surface area (Å²) in [6.45, 7) is -0.437. The van der Waals surface area contributed by atoms with Gasteiger partial charge in [-0.2, -0.15) is 4.21 Å². The maximum atomic E-state index is 10.9. The fraction of sp³-hybridized carbons (Fsp3) is 0.700. The van der Waals surface area contributed by atoms with Crippen LogP contribution in [0.25, 0.3) is 0 Å². The molecule has 11 N–H and O–H groups in total. The molecule has 26 heavy (non-hydrogen) atoms. The van der Waals surface area contributed by atoms with Crippen molar-refractivity contribution in [3.05, 3.63) is 0 Å². The topological polar surface area (TPSA) is 244 Å². The van der Waals surface area contributed by atoms with E-state index in [1.807, 2.05) is 0 Å². The number of primary amides is 1. The average Bonchev–Trinajstić information content (AvgIpc) is 3.04. The number of ether oxygens (including phenoxy) is 1. The zero-order valence-corrected chi connectivity index (χ0v) is 13.9. The van der Waals surface area contributed by atoms with Crippen molar-refractivity contribution in [2.45, 2.75) is 29.6 Å². The maximum absolute atomic E-state index is 10.9. The highest BCUT2D eigenvalue weighted by atomic mass is 32.1. The Bertz CT molecular complexity index is 645. The molecule has 0 aromatic carbocycles. The lowest BCUT2D eigenvalue weighted by molar-refractivity contribution is -0.808. The van der Waals surface area contributed by atoms with E-state index >= 15 is 0 Å². The smallest absolute Gasteiger partial charge is 0.404 e. The van der Waals surface area contributed by atoms with E-state index in [1.165, 1.54) is 4.58 Å². The number of carbonyl (C=O) groups excluding carboxylic acids is 1. The number of nitrogens with zero attached hydrogens (tertiary/aromatic N) is 1. The molecular weight excluding hydrogens is 378 g/mol. The second-order valence-corrected chi connectivity index (χ2v) is 5.68. The lowest BCUT2D eigenvalue weighted by atomic mass is 9.86. The van der Waals surface area contributed by atoms with E-state index in [9.17, 15) is 20.3 Å². The fourth-order valence-electron chi connectivity index (χ4n) is 3.51. The van der Waals surface area contributed by atoms with Crippen LogP contribution in [0.15, 0.2) is 0 Å². The number of hydrogen-bond donors (Lipinski definition) is 8. The molecule has 15 nitrogen and oxygen atoms in total. The van der Waals surface area contributed by atoms with Gasteiger partial charge in [-0.15, -0.1) is 0 Å². The van der Waals surface area contributed by atoms with Crippen molar-refractivity contribution in [2.75, 3.05) is 13.2 Å². The summed E-state index contributed by atoms with van der Waals surface area (Å²) in [5.41, 5.74) is 14.9. The Morgan fingerprint density at radius 2 is 2.12 bits per heavy atom. The van der Waals surface area contributed by atoms with Crippen LogP contribution < -0.4 is 38.1 Å². The van der Waals surface area contributed by atoms with Crippen LogP contribution in [0.2, 0.25) is 0 Å². The summed E-state index contributed by atoms with van der Waals surface area (Å²) in [4.78, 5) is 18.1. The molecule has 0 radical (unpaired) electrons. The van der Waals surface area contributed by atoms with Crippen molar-refractivity contribution < 1.29 is 48.7 Å².